The second-order valence-electron chi connectivity index (χ2n) is 6.18. The van der Waals surface area contributed by atoms with E-state index in [-0.39, 0.29) is 32.8 Å². The van der Waals surface area contributed by atoms with Gasteiger partial charge in [0, 0.05) is 5.56 Å². The van der Waals surface area contributed by atoms with Crippen LogP contribution in [0.15, 0.2) is 58.1 Å². The normalized spacial score (nSPS) is 12.3. The summed E-state index contributed by atoms with van der Waals surface area (Å²) in [6, 6.07) is 11.9. The Bertz CT molecular complexity index is 1260. The summed E-state index contributed by atoms with van der Waals surface area (Å²) >= 11 is 7.11. The smallest absolute Gasteiger partial charge is 0.271 e. The first-order valence-corrected chi connectivity index (χ1v) is 11.4. The van der Waals surface area contributed by atoms with Crippen LogP contribution in [-0.4, -0.2) is 27.0 Å². The zero-order chi connectivity index (χ0) is 22.0. The van der Waals surface area contributed by atoms with Gasteiger partial charge in [-0.1, -0.05) is 29.8 Å². The molecule has 4 rings (SSSR count). The molecule has 160 valence electrons. The fraction of sp³-hybridized carbons (Fsp3) is 0.0526. The van der Waals surface area contributed by atoms with Gasteiger partial charge in [0.05, 0.1) is 16.3 Å². The minimum absolute atomic E-state index is 0.00493. The molecule has 3 N–H and O–H groups in total. The number of rotatable bonds is 5. The molecule has 31 heavy (non-hydrogen) atoms. The minimum atomic E-state index is -3.85. The van der Waals surface area contributed by atoms with Gasteiger partial charge in [-0.25, -0.2) is 8.42 Å². The number of hydrogen-bond donors (Lipinski definition) is 3. The molecule has 0 aliphatic carbocycles. The minimum Gasteiger partial charge on any atom is -0.454 e. The third-order valence-corrected chi connectivity index (χ3v) is 7.20. The van der Waals surface area contributed by atoms with Crippen molar-refractivity contribution in [2.45, 2.75) is 4.21 Å². The highest BCUT2D eigenvalue weighted by Gasteiger charge is 2.22. The Hall–Kier alpha value is -3.28. The van der Waals surface area contributed by atoms with Gasteiger partial charge in [-0.2, -0.15) is 0 Å². The number of hydrazine groups is 1. The van der Waals surface area contributed by atoms with Crippen molar-refractivity contribution in [3.05, 3.63) is 70.1 Å². The molecular formula is C19H14ClN3O6S2. The molecule has 12 heteroatoms. The lowest BCUT2D eigenvalue weighted by atomic mass is 10.2. The van der Waals surface area contributed by atoms with Crippen molar-refractivity contribution >= 4 is 50.5 Å². The van der Waals surface area contributed by atoms with E-state index in [1.54, 1.807) is 23.6 Å². The van der Waals surface area contributed by atoms with Gasteiger partial charge < -0.3 is 9.47 Å². The largest absolute Gasteiger partial charge is 0.454 e. The van der Waals surface area contributed by atoms with Crippen LogP contribution in [0.5, 0.6) is 11.5 Å². The van der Waals surface area contributed by atoms with Crippen LogP contribution in [0.1, 0.15) is 20.7 Å². The number of carbonyl (C=O) groups is 2. The fourth-order valence-corrected chi connectivity index (χ4v) is 5.07. The van der Waals surface area contributed by atoms with Gasteiger partial charge in [-0.05, 0) is 35.7 Å². The third kappa shape index (κ3) is 4.43. The van der Waals surface area contributed by atoms with Gasteiger partial charge in [0.1, 0.15) is 4.21 Å². The van der Waals surface area contributed by atoms with Gasteiger partial charge >= 0.3 is 0 Å². The number of amides is 2. The topological polar surface area (TPSA) is 123 Å². The number of carbonyl (C=O) groups excluding carboxylic acids is 2. The number of thiophene rings is 1. The highest BCUT2D eigenvalue weighted by atomic mass is 35.5. The Labute approximate surface area is 186 Å². The second-order valence-corrected chi connectivity index (χ2v) is 9.45. The van der Waals surface area contributed by atoms with Gasteiger partial charge in [0.2, 0.25) is 6.79 Å². The Morgan fingerprint density at radius 3 is 2.55 bits per heavy atom. The molecule has 2 aromatic carbocycles. The molecule has 0 bridgehead atoms. The monoisotopic (exact) mass is 479 g/mol. The van der Waals surface area contributed by atoms with Crippen molar-refractivity contribution in [2.24, 2.45) is 0 Å². The van der Waals surface area contributed by atoms with E-state index < -0.39 is 21.8 Å². The van der Waals surface area contributed by atoms with Crippen molar-refractivity contribution in [3.63, 3.8) is 0 Å². The van der Waals surface area contributed by atoms with Gasteiger partial charge in [-0.15, -0.1) is 11.3 Å². The summed E-state index contributed by atoms with van der Waals surface area (Å²) in [5, 5.41) is 1.82. The van der Waals surface area contributed by atoms with Crippen LogP contribution in [0.3, 0.4) is 0 Å². The second kappa shape index (κ2) is 8.46. The molecule has 2 amide bonds. The molecular weight excluding hydrogens is 466 g/mol. The van der Waals surface area contributed by atoms with Crippen LogP contribution in [0.2, 0.25) is 5.02 Å². The number of nitrogens with one attached hydrogen (secondary N) is 3. The average molecular weight is 480 g/mol. The summed E-state index contributed by atoms with van der Waals surface area (Å²) in [4.78, 5) is 25.0. The number of halogens is 1. The predicted molar refractivity (Wildman–Crippen MR) is 114 cm³/mol. The van der Waals surface area contributed by atoms with Crippen LogP contribution in [0, 0.1) is 0 Å². The van der Waals surface area contributed by atoms with E-state index in [1.807, 2.05) is 0 Å². The highest BCUT2D eigenvalue weighted by Crippen LogP contribution is 2.39. The summed E-state index contributed by atoms with van der Waals surface area (Å²) in [5.74, 6) is -0.707. The van der Waals surface area contributed by atoms with E-state index >= 15 is 0 Å². The maximum Gasteiger partial charge on any atom is 0.271 e. The first kappa shape index (κ1) is 21.0. The Morgan fingerprint density at radius 2 is 1.77 bits per heavy atom. The van der Waals surface area contributed by atoms with E-state index in [4.69, 9.17) is 21.1 Å². The lowest BCUT2D eigenvalue weighted by Crippen LogP contribution is -2.41. The van der Waals surface area contributed by atoms with Crippen molar-refractivity contribution in [2.75, 3.05) is 11.5 Å². The maximum atomic E-state index is 12.6. The number of benzene rings is 2. The Balaban J connectivity index is 1.47. The van der Waals surface area contributed by atoms with Crippen molar-refractivity contribution in [1.82, 2.24) is 10.9 Å². The molecule has 0 radical (unpaired) electrons. The maximum absolute atomic E-state index is 12.6. The third-order valence-electron chi connectivity index (χ3n) is 4.15. The van der Waals surface area contributed by atoms with E-state index in [2.05, 4.69) is 15.6 Å². The number of hydrogen-bond acceptors (Lipinski definition) is 7. The van der Waals surface area contributed by atoms with Crippen molar-refractivity contribution in [3.8, 4) is 11.5 Å². The SMILES string of the molecule is O=C(NNC(=O)c1ccccc1NS(=O)(=O)c1cccs1)c1cc(Cl)c2c(c1)OCO2. The molecule has 2 heterocycles. The Kier molecular flexibility index (Phi) is 5.72. The van der Waals surface area contributed by atoms with Crippen molar-refractivity contribution < 1.29 is 27.5 Å². The fourth-order valence-electron chi connectivity index (χ4n) is 2.73. The van der Waals surface area contributed by atoms with Crippen LogP contribution < -0.4 is 25.0 Å². The predicted octanol–water partition coefficient (Wildman–Crippen LogP) is 3.01. The molecule has 0 unspecified atom stereocenters. The summed E-state index contributed by atoms with van der Waals surface area (Å²) in [6.45, 7) is -0.00493. The van der Waals surface area contributed by atoms with E-state index in [1.165, 1.54) is 30.3 Å². The Morgan fingerprint density at radius 1 is 1.00 bits per heavy atom. The molecule has 9 nitrogen and oxygen atoms in total. The first-order chi connectivity index (χ1) is 14.8. The number of para-hydroxylation sites is 1. The molecule has 1 aliphatic heterocycles. The summed E-state index contributed by atoms with van der Waals surface area (Å²) in [5.41, 5.74) is 4.75. The quantitative estimate of drug-likeness (QED) is 0.483. The number of sulfonamides is 1. The summed E-state index contributed by atoms with van der Waals surface area (Å²) in [6.07, 6.45) is 0. The standard InChI is InChI=1S/C19H14ClN3O6S2/c20-13-8-11(9-15-17(13)29-10-28-15)18(24)21-22-19(25)12-4-1-2-5-14(12)23-31(26,27)16-6-3-7-30-16/h1-9,23H,10H2,(H,21,24)(H,22,25). The highest BCUT2D eigenvalue weighted by molar-refractivity contribution is 7.94. The lowest BCUT2D eigenvalue weighted by molar-refractivity contribution is 0.0847. The molecule has 0 saturated heterocycles. The zero-order valence-electron chi connectivity index (χ0n) is 15.5. The van der Waals surface area contributed by atoms with E-state index in [9.17, 15) is 18.0 Å². The zero-order valence-corrected chi connectivity index (χ0v) is 17.9. The first-order valence-electron chi connectivity index (χ1n) is 8.70. The number of anilines is 1. The van der Waals surface area contributed by atoms with Crippen LogP contribution >= 0.6 is 22.9 Å². The molecule has 0 fully saturated rings. The van der Waals surface area contributed by atoms with E-state index in [0.717, 1.165) is 11.3 Å². The molecule has 1 aliphatic rings. The molecule has 0 atom stereocenters. The van der Waals surface area contributed by atoms with Gasteiger partial charge in [0.15, 0.2) is 11.5 Å². The number of fused-ring (bicyclic) bond motifs is 1. The van der Waals surface area contributed by atoms with Gasteiger partial charge in [0.25, 0.3) is 21.8 Å². The summed E-state index contributed by atoms with van der Waals surface area (Å²) < 4.78 is 37.9. The summed E-state index contributed by atoms with van der Waals surface area (Å²) in [7, 11) is -3.85. The molecule has 0 spiro atoms. The lowest BCUT2D eigenvalue weighted by Gasteiger charge is -2.13. The number of ether oxygens (including phenoxy) is 2. The molecule has 1 aromatic heterocycles. The average Bonchev–Trinajstić information content (AvgIpc) is 3.44. The van der Waals surface area contributed by atoms with Gasteiger partial charge in [-0.3, -0.25) is 25.2 Å². The van der Waals surface area contributed by atoms with Crippen LogP contribution in [0.4, 0.5) is 5.69 Å². The molecule has 0 saturated carbocycles. The van der Waals surface area contributed by atoms with Crippen LogP contribution in [-0.2, 0) is 10.0 Å². The van der Waals surface area contributed by atoms with E-state index in [0.29, 0.717) is 11.5 Å². The van der Waals surface area contributed by atoms with Crippen LogP contribution in [0.25, 0.3) is 0 Å². The van der Waals surface area contributed by atoms with Crippen molar-refractivity contribution in [1.29, 1.82) is 0 Å². The molecule has 3 aromatic rings.